The average Bonchev–Trinajstić information content (AvgIpc) is 2.50. The van der Waals surface area contributed by atoms with E-state index >= 15 is 0 Å². The van der Waals surface area contributed by atoms with Crippen molar-refractivity contribution in [3.05, 3.63) is 54.4 Å². The number of hydrogen-bond donors (Lipinski definition) is 3. The van der Waals surface area contributed by atoms with Gasteiger partial charge in [-0.15, -0.1) is 0 Å². The van der Waals surface area contributed by atoms with E-state index in [-0.39, 0.29) is 23.2 Å². The summed E-state index contributed by atoms with van der Waals surface area (Å²) in [4.78, 5) is 19.9. The number of fused-ring (bicyclic) bond motifs is 1. The van der Waals surface area contributed by atoms with Crippen molar-refractivity contribution in [2.75, 3.05) is 16.8 Å². The number of nitrogens with two attached hydrogens (primary N) is 2. The van der Waals surface area contributed by atoms with E-state index in [1.54, 1.807) is 12.1 Å². The first-order valence-corrected chi connectivity index (χ1v) is 6.31. The molecule has 3 rings (SSSR count). The molecule has 0 spiro atoms. The third-order valence-electron chi connectivity index (χ3n) is 3.16. The number of nitrogens with zero attached hydrogens (tertiary/aromatic N) is 2. The number of nitrogens with one attached hydrogen (secondary N) is 1. The third kappa shape index (κ3) is 2.46. The van der Waals surface area contributed by atoms with Crippen molar-refractivity contribution < 1.29 is 4.79 Å². The summed E-state index contributed by atoms with van der Waals surface area (Å²) in [7, 11) is 0. The highest BCUT2D eigenvalue weighted by atomic mass is 16.1. The molecule has 21 heavy (non-hydrogen) atoms. The van der Waals surface area contributed by atoms with Crippen LogP contribution in [0.15, 0.2) is 48.8 Å². The monoisotopic (exact) mass is 279 g/mol. The molecule has 1 heterocycles. The van der Waals surface area contributed by atoms with Gasteiger partial charge >= 0.3 is 0 Å². The van der Waals surface area contributed by atoms with Gasteiger partial charge in [0.05, 0.1) is 0 Å². The van der Waals surface area contributed by atoms with Gasteiger partial charge in [0.2, 0.25) is 0 Å². The predicted octanol–water partition coefficient (Wildman–Crippen LogP) is 2.05. The molecule has 0 saturated carbocycles. The lowest BCUT2D eigenvalue weighted by molar-refractivity contribution is 0.102. The number of anilines is 3. The fourth-order valence-electron chi connectivity index (χ4n) is 2.06. The van der Waals surface area contributed by atoms with Gasteiger partial charge in [0, 0.05) is 5.56 Å². The highest BCUT2D eigenvalue weighted by molar-refractivity contribution is 6.08. The summed E-state index contributed by atoms with van der Waals surface area (Å²) in [5.41, 5.74) is 12.1. The second-order valence-electron chi connectivity index (χ2n) is 4.54. The predicted molar refractivity (Wildman–Crippen MR) is 82.8 cm³/mol. The Morgan fingerprint density at radius 1 is 0.952 bits per heavy atom. The number of nitrogen functional groups attached to an aromatic ring is 2. The molecule has 0 aliphatic rings. The van der Waals surface area contributed by atoms with Crippen LogP contribution in [0.3, 0.4) is 0 Å². The first kappa shape index (κ1) is 12.9. The molecule has 3 aromatic rings. The molecular formula is C15H13N5O. The van der Waals surface area contributed by atoms with Gasteiger partial charge in [0.15, 0.2) is 11.6 Å². The molecule has 2 aromatic carbocycles. The van der Waals surface area contributed by atoms with E-state index in [0.717, 1.165) is 10.8 Å². The van der Waals surface area contributed by atoms with E-state index in [0.29, 0.717) is 5.56 Å². The van der Waals surface area contributed by atoms with Gasteiger partial charge < -0.3 is 16.8 Å². The Balaban J connectivity index is 1.94. The maximum atomic E-state index is 12.3. The average molecular weight is 279 g/mol. The summed E-state index contributed by atoms with van der Waals surface area (Å²) in [5, 5.41) is 4.69. The smallest absolute Gasteiger partial charge is 0.255 e. The number of rotatable bonds is 2. The maximum Gasteiger partial charge on any atom is 0.255 e. The minimum Gasteiger partial charge on any atom is -0.382 e. The van der Waals surface area contributed by atoms with Crippen LogP contribution >= 0.6 is 0 Å². The van der Waals surface area contributed by atoms with Crippen molar-refractivity contribution in [2.24, 2.45) is 0 Å². The molecule has 1 amide bonds. The Hall–Kier alpha value is -3.15. The van der Waals surface area contributed by atoms with Crippen molar-refractivity contribution in [3.8, 4) is 0 Å². The number of hydrogen-bond acceptors (Lipinski definition) is 5. The van der Waals surface area contributed by atoms with Gasteiger partial charge in [-0.25, -0.2) is 9.97 Å². The van der Waals surface area contributed by atoms with Crippen LogP contribution in [-0.4, -0.2) is 15.9 Å². The first-order valence-electron chi connectivity index (χ1n) is 6.31. The summed E-state index contributed by atoms with van der Waals surface area (Å²) in [6, 6.07) is 13.2. The lowest BCUT2D eigenvalue weighted by atomic mass is 10.1. The number of carbonyl (C=O) groups is 1. The molecule has 0 aliphatic heterocycles. The van der Waals surface area contributed by atoms with Gasteiger partial charge in [-0.05, 0) is 22.9 Å². The van der Waals surface area contributed by atoms with Crippen LogP contribution in [0.2, 0.25) is 0 Å². The number of aromatic nitrogens is 2. The van der Waals surface area contributed by atoms with E-state index in [2.05, 4.69) is 15.3 Å². The highest BCUT2D eigenvalue weighted by Crippen LogP contribution is 2.22. The van der Waals surface area contributed by atoms with Crippen molar-refractivity contribution >= 4 is 34.0 Å². The molecule has 104 valence electrons. The van der Waals surface area contributed by atoms with Gasteiger partial charge in [0.1, 0.15) is 12.0 Å². The highest BCUT2D eigenvalue weighted by Gasteiger charge is 2.12. The molecule has 1 aromatic heterocycles. The van der Waals surface area contributed by atoms with Crippen LogP contribution in [0.25, 0.3) is 10.8 Å². The second-order valence-corrected chi connectivity index (χ2v) is 4.54. The Labute approximate surface area is 120 Å². The Morgan fingerprint density at radius 3 is 2.33 bits per heavy atom. The van der Waals surface area contributed by atoms with E-state index in [1.807, 2.05) is 30.3 Å². The van der Waals surface area contributed by atoms with Gasteiger partial charge in [-0.3, -0.25) is 4.79 Å². The lowest BCUT2D eigenvalue weighted by Gasteiger charge is -2.09. The Kier molecular flexibility index (Phi) is 3.12. The largest absolute Gasteiger partial charge is 0.382 e. The van der Waals surface area contributed by atoms with Crippen LogP contribution in [0.4, 0.5) is 17.3 Å². The van der Waals surface area contributed by atoms with Crippen LogP contribution in [0, 0.1) is 0 Å². The van der Waals surface area contributed by atoms with Gasteiger partial charge in [0.25, 0.3) is 5.91 Å². The zero-order valence-corrected chi connectivity index (χ0v) is 11.1. The first-order chi connectivity index (χ1) is 10.1. The van der Waals surface area contributed by atoms with E-state index < -0.39 is 0 Å². The topological polar surface area (TPSA) is 107 Å². The molecule has 6 nitrogen and oxygen atoms in total. The van der Waals surface area contributed by atoms with Gasteiger partial charge in [-0.2, -0.15) is 0 Å². The van der Waals surface area contributed by atoms with E-state index in [4.69, 9.17) is 11.5 Å². The maximum absolute atomic E-state index is 12.3. The van der Waals surface area contributed by atoms with Crippen LogP contribution in [0.5, 0.6) is 0 Å². The molecule has 6 heteroatoms. The summed E-state index contributed by atoms with van der Waals surface area (Å²) in [6.45, 7) is 0. The minimum atomic E-state index is -0.311. The number of carbonyl (C=O) groups excluding carboxylic acids is 1. The molecule has 0 atom stereocenters. The normalized spacial score (nSPS) is 10.5. The summed E-state index contributed by atoms with van der Waals surface area (Å²) in [6.07, 6.45) is 1.25. The molecular weight excluding hydrogens is 266 g/mol. The Bertz CT molecular complexity index is 811. The van der Waals surface area contributed by atoms with Crippen molar-refractivity contribution in [1.29, 1.82) is 0 Å². The van der Waals surface area contributed by atoms with Gasteiger partial charge in [-0.1, -0.05) is 30.3 Å². The minimum absolute atomic E-state index is 0.136. The van der Waals surface area contributed by atoms with Crippen LogP contribution < -0.4 is 16.8 Å². The number of benzene rings is 2. The molecule has 0 unspecified atom stereocenters. The third-order valence-corrected chi connectivity index (χ3v) is 3.16. The lowest BCUT2D eigenvalue weighted by Crippen LogP contribution is -2.15. The summed E-state index contributed by atoms with van der Waals surface area (Å²) in [5.74, 6) is -0.0396. The summed E-state index contributed by atoms with van der Waals surface area (Å²) >= 11 is 0. The quantitative estimate of drug-likeness (QED) is 0.665. The van der Waals surface area contributed by atoms with Crippen molar-refractivity contribution in [1.82, 2.24) is 9.97 Å². The van der Waals surface area contributed by atoms with Crippen molar-refractivity contribution in [2.45, 2.75) is 0 Å². The van der Waals surface area contributed by atoms with Crippen molar-refractivity contribution in [3.63, 3.8) is 0 Å². The fraction of sp³-hybridized carbons (Fsp3) is 0. The van der Waals surface area contributed by atoms with E-state index in [1.165, 1.54) is 6.33 Å². The zero-order chi connectivity index (χ0) is 14.8. The Morgan fingerprint density at radius 2 is 1.62 bits per heavy atom. The molecule has 0 fully saturated rings. The molecule has 0 bridgehead atoms. The van der Waals surface area contributed by atoms with E-state index in [9.17, 15) is 4.79 Å². The molecule has 0 aliphatic carbocycles. The molecule has 5 N–H and O–H groups in total. The molecule has 0 saturated heterocycles. The standard InChI is InChI=1S/C15H13N5O/c16-13-12(14(17)19-8-18-13)20-15(21)11-6-5-9-3-1-2-4-10(9)7-11/h1-8H,(H,20,21)(H4,16,17,18,19). The zero-order valence-electron chi connectivity index (χ0n) is 11.1. The van der Waals surface area contributed by atoms with Crippen LogP contribution in [0.1, 0.15) is 10.4 Å². The fourth-order valence-corrected chi connectivity index (χ4v) is 2.06. The molecule has 0 radical (unpaired) electrons. The number of amides is 1. The van der Waals surface area contributed by atoms with Crippen LogP contribution in [-0.2, 0) is 0 Å². The second kappa shape index (κ2) is 5.09. The summed E-state index contributed by atoms with van der Waals surface area (Å²) < 4.78 is 0. The SMILES string of the molecule is Nc1ncnc(N)c1NC(=O)c1ccc2ccccc2c1.